The minimum atomic E-state index is -1.13. The van der Waals surface area contributed by atoms with Gasteiger partial charge in [0.2, 0.25) is 0 Å². The quantitative estimate of drug-likeness (QED) is 0.580. The van der Waals surface area contributed by atoms with Gasteiger partial charge in [-0.3, -0.25) is 9.69 Å². The number of carboxylic acid groups (broad SMARTS) is 1. The van der Waals surface area contributed by atoms with Gasteiger partial charge < -0.3 is 14.6 Å². The average molecular weight is 407 g/mol. The van der Waals surface area contributed by atoms with Gasteiger partial charge in [0.05, 0.1) is 30.4 Å². The maximum absolute atomic E-state index is 13.3. The molecule has 0 aliphatic carbocycles. The molecular formula is C23H21NO6. The van der Waals surface area contributed by atoms with E-state index in [-0.39, 0.29) is 23.3 Å². The highest BCUT2D eigenvalue weighted by Gasteiger charge is 2.38. The Morgan fingerprint density at radius 3 is 2.37 bits per heavy atom. The topological polar surface area (TPSA) is 93.1 Å². The van der Waals surface area contributed by atoms with Crippen molar-refractivity contribution in [3.05, 3.63) is 76.5 Å². The van der Waals surface area contributed by atoms with E-state index in [0.717, 1.165) is 0 Å². The molecule has 3 rings (SSSR count). The fourth-order valence-corrected chi connectivity index (χ4v) is 3.30. The van der Waals surface area contributed by atoms with Crippen LogP contribution < -0.4 is 9.64 Å². The zero-order valence-corrected chi connectivity index (χ0v) is 16.8. The number of carbonyl (C=O) groups excluding carboxylic acids is 2. The Balaban J connectivity index is 2.15. The Kier molecular flexibility index (Phi) is 6.01. The maximum atomic E-state index is 13.3. The summed E-state index contributed by atoms with van der Waals surface area (Å²) in [5.74, 6) is -1.58. The monoisotopic (exact) mass is 407 g/mol. The Morgan fingerprint density at radius 1 is 1.10 bits per heavy atom. The van der Waals surface area contributed by atoms with Gasteiger partial charge in [-0.2, -0.15) is 0 Å². The third-order valence-corrected chi connectivity index (χ3v) is 4.70. The van der Waals surface area contributed by atoms with Gasteiger partial charge in [-0.05, 0) is 55.8 Å². The summed E-state index contributed by atoms with van der Waals surface area (Å²) in [6.07, 6.45) is 1.42. The molecular weight excluding hydrogens is 386 g/mol. The molecule has 0 atom stereocenters. The molecule has 7 heteroatoms. The third-order valence-electron chi connectivity index (χ3n) is 4.70. The van der Waals surface area contributed by atoms with Crippen LogP contribution in [-0.4, -0.2) is 36.7 Å². The highest BCUT2D eigenvalue weighted by atomic mass is 16.5. The summed E-state index contributed by atoms with van der Waals surface area (Å²) >= 11 is 0. The third kappa shape index (κ3) is 3.82. The molecule has 0 bridgehead atoms. The molecule has 30 heavy (non-hydrogen) atoms. The van der Waals surface area contributed by atoms with Crippen LogP contribution in [0.1, 0.15) is 29.8 Å². The second kappa shape index (κ2) is 8.65. The van der Waals surface area contributed by atoms with Crippen molar-refractivity contribution in [1.29, 1.82) is 0 Å². The van der Waals surface area contributed by atoms with Crippen molar-refractivity contribution in [3.63, 3.8) is 0 Å². The molecule has 1 aliphatic heterocycles. The number of nitrogens with zero attached hydrogens (tertiary/aromatic N) is 1. The predicted octanol–water partition coefficient (Wildman–Crippen LogP) is 3.66. The number of amides is 1. The van der Waals surface area contributed by atoms with E-state index < -0.39 is 17.8 Å². The van der Waals surface area contributed by atoms with Crippen LogP contribution >= 0.6 is 0 Å². The lowest BCUT2D eigenvalue weighted by molar-refractivity contribution is -0.138. The Morgan fingerprint density at radius 2 is 1.77 bits per heavy atom. The van der Waals surface area contributed by atoms with Gasteiger partial charge in [0.25, 0.3) is 5.91 Å². The first-order chi connectivity index (χ1) is 14.4. The predicted molar refractivity (Wildman–Crippen MR) is 111 cm³/mol. The first kappa shape index (κ1) is 20.9. The summed E-state index contributed by atoms with van der Waals surface area (Å²) in [4.78, 5) is 38.9. The van der Waals surface area contributed by atoms with Crippen molar-refractivity contribution in [2.24, 2.45) is 0 Å². The number of methoxy groups -OCH3 is 1. The van der Waals surface area contributed by atoms with Crippen molar-refractivity contribution in [1.82, 2.24) is 0 Å². The zero-order valence-electron chi connectivity index (χ0n) is 16.8. The second-order valence-electron chi connectivity index (χ2n) is 6.47. The number of benzene rings is 2. The van der Waals surface area contributed by atoms with Crippen molar-refractivity contribution < 1.29 is 29.0 Å². The van der Waals surface area contributed by atoms with E-state index in [1.54, 1.807) is 63.4 Å². The van der Waals surface area contributed by atoms with Gasteiger partial charge in [-0.1, -0.05) is 18.2 Å². The van der Waals surface area contributed by atoms with E-state index in [2.05, 4.69) is 0 Å². The summed E-state index contributed by atoms with van der Waals surface area (Å²) in [5.41, 5.74) is 1.49. The molecule has 0 radical (unpaired) electrons. The van der Waals surface area contributed by atoms with Crippen molar-refractivity contribution in [2.75, 3.05) is 18.6 Å². The molecule has 0 fully saturated rings. The van der Waals surface area contributed by atoms with Gasteiger partial charge in [0.15, 0.2) is 0 Å². The number of ether oxygens (including phenoxy) is 2. The first-order valence-corrected chi connectivity index (χ1v) is 9.30. The number of allylic oxidation sites excluding steroid dienone is 1. The number of rotatable bonds is 6. The Hall–Kier alpha value is -3.87. The molecule has 7 nitrogen and oxygen atoms in total. The van der Waals surface area contributed by atoms with Gasteiger partial charge >= 0.3 is 11.9 Å². The summed E-state index contributed by atoms with van der Waals surface area (Å²) in [6.45, 7) is 3.47. The minimum Gasteiger partial charge on any atom is -0.497 e. The van der Waals surface area contributed by atoms with E-state index in [0.29, 0.717) is 22.7 Å². The van der Waals surface area contributed by atoms with E-state index in [1.165, 1.54) is 17.0 Å². The van der Waals surface area contributed by atoms with E-state index in [1.807, 2.05) is 0 Å². The van der Waals surface area contributed by atoms with Crippen LogP contribution in [0, 0.1) is 0 Å². The molecule has 0 spiro atoms. The van der Waals surface area contributed by atoms with Crippen LogP contribution in [0.2, 0.25) is 0 Å². The normalized spacial score (nSPS) is 15.0. The molecule has 1 amide bonds. The number of carboxylic acids is 1. The van der Waals surface area contributed by atoms with Crippen LogP contribution in [0.25, 0.3) is 6.08 Å². The van der Waals surface area contributed by atoms with Crippen LogP contribution in [-0.2, 0) is 14.3 Å². The lowest BCUT2D eigenvalue weighted by Crippen LogP contribution is -2.24. The molecule has 1 aliphatic rings. The molecule has 154 valence electrons. The van der Waals surface area contributed by atoms with Crippen molar-refractivity contribution in [2.45, 2.75) is 13.8 Å². The van der Waals surface area contributed by atoms with E-state index in [9.17, 15) is 19.5 Å². The smallest absolute Gasteiger partial charge is 0.340 e. The van der Waals surface area contributed by atoms with E-state index in [4.69, 9.17) is 9.47 Å². The van der Waals surface area contributed by atoms with Crippen LogP contribution in [0.4, 0.5) is 5.69 Å². The molecule has 0 unspecified atom stereocenters. The number of hydrogen-bond donors (Lipinski definition) is 1. The highest BCUT2D eigenvalue weighted by Crippen LogP contribution is 2.36. The number of hydrogen-bond acceptors (Lipinski definition) is 5. The summed E-state index contributed by atoms with van der Waals surface area (Å²) in [6, 6.07) is 13.1. The fourth-order valence-electron chi connectivity index (χ4n) is 3.30. The summed E-state index contributed by atoms with van der Waals surface area (Å²) in [7, 11) is 1.54. The van der Waals surface area contributed by atoms with Gasteiger partial charge in [-0.25, -0.2) is 9.59 Å². The maximum Gasteiger partial charge on any atom is 0.340 e. The molecule has 0 aromatic heterocycles. The van der Waals surface area contributed by atoms with Gasteiger partial charge in [-0.15, -0.1) is 0 Å². The second-order valence-corrected chi connectivity index (χ2v) is 6.47. The van der Waals surface area contributed by atoms with Crippen LogP contribution in [0.15, 0.2) is 65.4 Å². The van der Waals surface area contributed by atoms with Gasteiger partial charge in [0, 0.05) is 11.4 Å². The lowest BCUT2D eigenvalue weighted by Gasteiger charge is -2.18. The number of anilines is 1. The minimum absolute atomic E-state index is 0.0292. The largest absolute Gasteiger partial charge is 0.497 e. The SMILES string of the molecule is CCOC(=O)C1=C(C)N(c2ccc(OC)cc2)C(=O)/C1=C\c1ccccc1C(=O)O. The number of esters is 1. The highest BCUT2D eigenvalue weighted by molar-refractivity contribution is 6.24. The number of carbonyl (C=O) groups is 3. The van der Waals surface area contributed by atoms with Crippen molar-refractivity contribution >= 4 is 29.6 Å². The molecule has 2 aromatic rings. The fraction of sp³-hybridized carbons (Fsp3) is 0.174. The summed E-state index contributed by atoms with van der Waals surface area (Å²) in [5, 5.41) is 9.46. The summed E-state index contributed by atoms with van der Waals surface area (Å²) < 4.78 is 10.3. The number of aromatic carboxylic acids is 1. The Labute approximate surface area is 173 Å². The molecule has 0 saturated heterocycles. The van der Waals surface area contributed by atoms with Crippen LogP contribution in [0.5, 0.6) is 5.75 Å². The lowest BCUT2D eigenvalue weighted by atomic mass is 10.0. The van der Waals surface area contributed by atoms with E-state index >= 15 is 0 Å². The Bertz CT molecular complexity index is 1070. The van der Waals surface area contributed by atoms with Crippen LogP contribution in [0.3, 0.4) is 0 Å². The molecule has 0 saturated carbocycles. The standard InChI is InChI=1S/C23H21NO6/c1-4-30-23(28)20-14(2)24(16-9-11-17(29-3)12-10-16)21(25)19(20)13-15-7-5-6-8-18(15)22(26)27/h5-13H,4H2,1-3H3,(H,26,27)/b19-13-. The van der Waals surface area contributed by atoms with Crippen molar-refractivity contribution in [3.8, 4) is 5.75 Å². The average Bonchev–Trinajstić information content (AvgIpc) is 2.98. The zero-order chi connectivity index (χ0) is 21.8. The molecule has 1 heterocycles. The molecule has 1 N–H and O–H groups in total. The first-order valence-electron chi connectivity index (χ1n) is 9.30. The molecule has 2 aromatic carbocycles. The van der Waals surface area contributed by atoms with Gasteiger partial charge in [0.1, 0.15) is 5.75 Å².